The second kappa shape index (κ2) is 7.54. The van der Waals surface area contributed by atoms with Gasteiger partial charge < -0.3 is 10.5 Å². The number of alkyl halides is 1. The average molecular weight is 294 g/mol. The van der Waals surface area contributed by atoms with E-state index in [4.69, 9.17) is 15.9 Å². The smallest absolute Gasteiger partial charge is 0.122 e. The molecule has 5 heteroatoms. The minimum absolute atomic E-state index is 0. The van der Waals surface area contributed by atoms with Crippen LogP contribution in [0.1, 0.15) is 12.0 Å². The highest BCUT2D eigenvalue weighted by Crippen LogP contribution is 2.12. The van der Waals surface area contributed by atoms with Gasteiger partial charge in [-0.2, -0.15) is 0 Å². The van der Waals surface area contributed by atoms with Gasteiger partial charge in [0.25, 0.3) is 0 Å². The molecule has 0 spiro atoms. The molecule has 0 bridgehead atoms. The van der Waals surface area contributed by atoms with Gasteiger partial charge in [-0.3, -0.25) is 5.41 Å². The highest BCUT2D eigenvalue weighted by molar-refractivity contribution is 9.09. The van der Waals surface area contributed by atoms with Crippen LogP contribution in [0, 0.1) is 5.41 Å². The lowest BCUT2D eigenvalue weighted by Crippen LogP contribution is -2.10. The Kier molecular flexibility index (Phi) is 7.17. The monoisotopic (exact) mass is 292 g/mol. The minimum Gasteiger partial charge on any atom is -0.494 e. The normalized spacial score (nSPS) is 9.13. The largest absolute Gasteiger partial charge is 0.494 e. The van der Waals surface area contributed by atoms with E-state index in [1.165, 1.54) is 0 Å². The summed E-state index contributed by atoms with van der Waals surface area (Å²) >= 11 is 3.33. The first kappa shape index (κ1) is 14.3. The predicted octanol–water partition coefficient (Wildman–Crippen LogP) is 2.56. The van der Waals surface area contributed by atoms with Gasteiger partial charge in [-0.15, -0.1) is 12.4 Å². The molecule has 1 aromatic rings. The van der Waals surface area contributed by atoms with Crippen molar-refractivity contribution in [2.45, 2.75) is 6.42 Å². The number of hydrogen-bond donors (Lipinski definition) is 2. The summed E-state index contributed by atoms with van der Waals surface area (Å²) in [6.45, 7) is 0.699. The van der Waals surface area contributed by atoms with E-state index in [-0.39, 0.29) is 18.2 Å². The van der Waals surface area contributed by atoms with Gasteiger partial charge in [0.15, 0.2) is 0 Å². The van der Waals surface area contributed by atoms with Crippen LogP contribution in [0.25, 0.3) is 0 Å². The van der Waals surface area contributed by atoms with Crippen molar-refractivity contribution < 1.29 is 4.74 Å². The van der Waals surface area contributed by atoms with E-state index in [1.807, 2.05) is 12.1 Å². The van der Waals surface area contributed by atoms with Crippen molar-refractivity contribution in [1.82, 2.24) is 0 Å². The number of ether oxygens (including phenoxy) is 1. The van der Waals surface area contributed by atoms with E-state index in [2.05, 4.69) is 15.9 Å². The number of nitrogens with two attached hydrogens (primary N) is 1. The Balaban J connectivity index is 0.00000196. The summed E-state index contributed by atoms with van der Waals surface area (Å²) < 4.78 is 5.44. The summed E-state index contributed by atoms with van der Waals surface area (Å²) in [5.74, 6) is 0.896. The van der Waals surface area contributed by atoms with Crippen LogP contribution in [0.2, 0.25) is 0 Å². The zero-order valence-corrected chi connectivity index (χ0v) is 10.6. The summed E-state index contributed by atoms with van der Waals surface area (Å²) in [4.78, 5) is 0. The second-order valence-corrected chi connectivity index (χ2v) is 3.62. The van der Waals surface area contributed by atoms with E-state index >= 15 is 0 Å². The second-order valence-electron chi connectivity index (χ2n) is 2.83. The van der Waals surface area contributed by atoms with Gasteiger partial charge >= 0.3 is 0 Å². The van der Waals surface area contributed by atoms with Crippen LogP contribution in [0.4, 0.5) is 0 Å². The lowest BCUT2D eigenvalue weighted by atomic mass is 10.2. The molecule has 0 unspecified atom stereocenters. The molecule has 0 atom stereocenters. The Morgan fingerprint density at radius 2 is 1.93 bits per heavy atom. The van der Waals surface area contributed by atoms with Gasteiger partial charge in [-0.1, -0.05) is 15.9 Å². The molecule has 3 nitrogen and oxygen atoms in total. The van der Waals surface area contributed by atoms with Crippen molar-refractivity contribution >= 4 is 34.2 Å². The van der Waals surface area contributed by atoms with E-state index in [0.29, 0.717) is 6.61 Å². The van der Waals surface area contributed by atoms with Crippen LogP contribution >= 0.6 is 28.3 Å². The molecule has 0 fully saturated rings. The van der Waals surface area contributed by atoms with Crippen LogP contribution in [-0.2, 0) is 0 Å². The molecule has 3 N–H and O–H groups in total. The van der Waals surface area contributed by atoms with Crippen molar-refractivity contribution in [3.05, 3.63) is 29.8 Å². The number of rotatable bonds is 5. The number of amidine groups is 1. The summed E-state index contributed by atoms with van der Waals surface area (Å²) in [7, 11) is 0. The third kappa shape index (κ3) is 5.04. The fourth-order valence-corrected chi connectivity index (χ4v) is 1.20. The topological polar surface area (TPSA) is 59.1 Å². The van der Waals surface area contributed by atoms with Gasteiger partial charge in [0.1, 0.15) is 11.6 Å². The third-order valence-corrected chi connectivity index (χ3v) is 2.27. The average Bonchev–Trinajstić information content (AvgIpc) is 2.19. The summed E-state index contributed by atoms with van der Waals surface area (Å²) in [5, 5.41) is 8.15. The Bertz CT molecular complexity index is 303. The minimum atomic E-state index is 0. The predicted molar refractivity (Wildman–Crippen MR) is 68.6 cm³/mol. The maximum Gasteiger partial charge on any atom is 0.122 e. The molecule has 15 heavy (non-hydrogen) atoms. The highest BCUT2D eigenvalue weighted by Gasteiger charge is 1.96. The zero-order valence-electron chi connectivity index (χ0n) is 8.20. The van der Waals surface area contributed by atoms with Gasteiger partial charge in [0.05, 0.1) is 6.61 Å². The Morgan fingerprint density at radius 1 is 1.33 bits per heavy atom. The number of benzene rings is 1. The molecule has 84 valence electrons. The van der Waals surface area contributed by atoms with Crippen molar-refractivity contribution in [1.29, 1.82) is 5.41 Å². The van der Waals surface area contributed by atoms with Gasteiger partial charge in [-0.05, 0) is 30.7 Å². The molecule has 0 radical (unpaired) electrons. The van der Waals surface area contributed by atoms with Crippen LogP contribution < -0.4 is 10.5 Å². The molecule has 0 aromatic heterocycles. The van der Waals surface area contributed by atoms with Crippen molar-refractivity contribution in [2.75, 3.05) is 11.9 Å². The molecule has 0 saturated heterocycles. The Morgan fingerprint density at radius 3 is 2.40 bits per heavy atom. The molecular weight excluding hydrogens is 279 g/mol. The van der Waals surface area contributed by atoms with E-state index in [1.54, 1.807) is 12.1 Å². The van der Waals surface area contributed by atoms with Crippen LogP contribution in [0.5, 0.6) is 5.75 Å². The SMILES string of the molecule is Cl.N=C(N)c1ccc(OCCCBr)cc1. The molecule has 0 amide bonds. The summed E-state index contributed by atoms with van der Waals surface area (Å²) in [6.07, 6.45) is 0.981. The molecule has 1 aromatic carbocycles. The van der Waals surface area contributed by atoms with Crippen LogP contribution in [0.15, 0.2) is 24.3 Å². The Labute approximate surface area is 104 Å². The lowest BCUT2D eigenvalue weighted by Gasteiger charge is -2.05. The van der Waals surface area contributed by atoms with Crippen molar-refractivity contribution in [3.8, 4) is 5.75 Å². The van der Waals surface area contributed by atoms with Crippen molar-refractivity contribution in [3.63, 3.8) is 0 Å². The summed E-state index contributed by atoms with van der Waals surface area (Å²) in [5.41, 5.74) is 6.04. The van der Waals surface area contributed by atoms with E-state index in [9.17, 15) is 0 Å². The molecule has 0 aliphatic rings. The molecule has 0 saturated carbocycles. The number of halogens is 2. The van der Waals surface area contributed by atoms with Crippen LogP contribution in [-0.4, -0.2) is 17.8 Å². The molecule has 0 heterocycles. The third-order valence-electron chi connectivity index (χ3n) is 1.71. The van der Waals surface area contributed by atoms with Gasteiger partial charge in [0.2, 0.25) is 0 Å². The highest BCUT2D eigenvalue weighted by atomic mass is 79.9. The zero-order chi connectivity index (χ0) is 10.4. The first-order valence-electron chi connectivity index (χ1n) is 4.37. The number of hydrogen-bond acceptors (Lipinski definition) is 2. The quantitative estimate of drug-likeness (QED) is 0.379. The first-order chi connectivity index (χ1) is 6.74. The molecule has 1 rings (SSSR count). The molecule has 0 aliphatic carbocycles. The molecular formula is C10H14BrClN2O. The van der Waals surface area contributed by atoms with Crippen molar-refractivity contribution in [2.24, 2.45) is 5.73 Å². The maximum absolute atomic E-state index is 7.20. The Hall–Kier alpha value is -0.740. The maximum atomic E-state index is 7.20. The van der Waals surface area contributed by atoms with Gasteiger partial charge in [0, 0.05) is 10.9 Å². The van der Waals surface area contributed by atoms with E-state index < -0.39 is 0 Å². The number of nitrogens with one attached hydrogen (secondary N) is 1. The fraction of sp³-hybridized carbons (Fsp3) is 0.300. The fourth-order valence-electron chi connectivity index (χ4n) is 0.975. The molecule has 0 aliphatic heterocycles. The lowest BCUT2D eigenvalue weighted by molar-refractivity contribution is 0.319. The standard InChI is InChI=1S/C10H13BrN2O.ClH/c11-6-1-7-14-9-4-2-8(3-5-9)10(12)13;/h2-5H,1,6-7H2,(H3,12,13);1H. The summed E-state index contributed by atoms with van der Waals surface area (Å²) in [6, 6.07) is 7.22. The van der Waals surface area contributed by atoms with Crippen LogP contribution in [0.3, 0.4) is 0 Å². The first-order valence-corrected chi connectivity index (χ1v) is 5.49. The van der Waals surface area contributed by atoms with Gasteiger partial charge in [-0.25, -0.2) is 0 Å². The number of nitrogen functional groups attached to an aromatic ring is 1. The van der Waals surface area contributed by atoms with E-state index in [0.717, 1.165) is 23.1 Å².